The third-order valence-electron chi connectivity index (χ3n) is 4.32. The Labute approximate surface area is 164 Å². The Morgan fingerprint density at radius 3 is 2.36 bits per heavy atom. The molecule has 150 valence electrons. The normalized spacial score (nSPS) is 13.6. The van der Waals surface area contributed by atoms with Gasteiger partial charge in [-0.05, 0) is 25.1 Å². The van der Waals surface area contributed by atoms with Crippen LogP contribution in [0, 0.1) is 10.1 Å². The Morgan fingerprint density at radius 2 is 1.86 bits per heavy atom. The topological polar surface area (TPSA) is 76.7 Å². The lowest BCUT2D eigenvalue weighted by atomic mass is 10.1. The van der Waals surface area contributed by atoms with Gasteiger partial charge in [0.15, 0.2) is 6.04 Å². The molecule has 0 fully saturated rings. The molecule has 6 nitrogen and oxygen atoms in total. The van der Waals surface area contributed by atoms with E-state index in [0.29, 0.717) is 12.1 Å². The third-order valence-corrected chi connectivity index (χ3v) is 4.63. The molecular weight excluding hydrogens is 399 g/mol. The fourth-order valence-electron chi connectivity index (χ4n) is 2.47. The summed E-state index contributed by atoms with van der Waals surface area (Å²) < 4.78 is 37.9. The van der Waals surface area contributed by atoms with E-state index in [1.54, 1.807) is 14.0 Å². The molecule has 2 N–H and O–H groups in total. The molecule has 0 aliphatic heterocycles. The van der Waals surface area contributed by atoms with Crippen molar-refractivity contribution >= 4 is 28.9 Å². The Bertz CT molecular complexity index is 873. The zero-order valence-corrected chi connectivity index (χ0v) is 15.8. The van der Waals surface area contributed by atoms with E-state index in [0.717, 1.165) is 23.1 Å². The number of alkyl halides is 3. The van der Waals surface area contributed by atoms with Crippen LogP contribution in [0.1, 0.15) is 18.1 Å². The molecule has 0 saturated heterocycles. The number of likely N-dealkylation sites (N-methyl/N-ethyl adjacent to an activating group) is 1. The molecule has 0 aliphatic rings. The minimum Gasteiger partial charge on any atom is -0.324 e. The minimum atomic E-state index is -4.39. The molecule has 0 bridgehead atoms. The summed E-state index contributed by atoms with van der Waals surface area (Å²) in [4.78, 5) is 23.3. The lowest BCUT2D eigenvalue weighted by Gasteiger charge is -2.21. The van der Waals surface area contributed by atoms with Crippen LogP contribution in [0.25, 0.3) is 0 Å². The first-order valence-electron chi connectivity index (χ1n) is 8.22. The Balaban J connectivity index is 2.01. The first-order chi connectivity index (χ1) is 13.0. The number of benzene rings is 2. The zero-order valence-electron chi connectivity index (χ0n) is 15.0. The van der Waals surface area contributed by atoms with Gasteiger partial charge in [0.2, 0.25) is 0 Å². The largest absolute Gasteiger partial charge is 0.416 e. The number of nitrogens with one attached hydrogen (secondary N) is 2. The number of quaternary nitrogens is 1. The summed E-state index contributed by atoms with van der Waals surface area (Å²) in [5, 5.41) is 13.4. The summed E-state index contributed by atoms with van der Waals surface area (Å²) in [5.41, 5.74) is -0.0291. The second-order valence-corrected chi connectivity index (χ2v) is 6.76. The molecule has 2 rings (SSSR count). The number of halogens is 4. The van der Waals surface area contributed by atoms with Crippen LogP contribution < -0.4 is 10.2 Å². The van der Waals surface area contributed by atoms with Crippen LogP contribution in [0.5, 0.6) is 0 Å². The van der Waals surface area contributed by atoms with Crippen LogP contribution in [0.3, 0.4) is 0 Å². The quantitative estimate of drug-likeness (QED) is 0.560. The highest BCUT2D eigenvalue weighted by atomic mass is 35.5. The van der Waals surface area contributed by atoms with Gasteiger partial charge in [0.25, 0.3) is 11.6 Å². The molecule has 0 radical (unpaired) electrons. The first-order valence-corrected chi connectivity index (χ1v) is 8.60. The van der Waals surface area contributed by atoms with Crippen LogP contribution in [-0.4, -0.2) is 23.9 Å². The van der Waals surface area contributed by atoms with Gasteiger partial charge in [0, 0.05) is 17.7 Å². The van der Waals surface area contributed by atoms with Gasteiger partial charge in [-0.25, -0.2) is 0 Å². The molecule has 28 heavy (non-hydrogen) atoms. The summed E-state index contributed by atoms with van der Waals surface area (Å²) in [6, 6.07) is 7.93. The molecule has 2 atom stereocenters. The van der Waals surface area contributed by atoms with Crippen LogP contribution in [-0.2, 0) is 17.5 Å². The fraction of sp³-hybridized carbons (Fsp3) is 0.278. The maximum Gasteiger partial charge on any atom is 0.416 e. The van der Waals surface area contributed by atoms with E-state index in [2.05, 4.69) is 5.32 Å². The van der Waals surface area contributed by atoms with Crippen LogP contribution >= 0.6 is 11.6 Å². The summed E-state index contributed by atoms with van der Waals surface area (Å²) in [6.45, 7) is 1.99. The van der Waals surface area contributed by atoms with Gasteiger partial charge >= 0.3 is 6.18 Å². The Kier molecular flexibility index (Phi) is 6.63. The summed E-state index contributed by atoms with van der Waals surface area (Å²) in [7, 11) is 1.74. The average Bonchev–Trinajstić information content (AvgIpc) is 2.62. The van der Waals surface area contributed by atoms with Gasteiger partial charge in [-0.1, -0.05) is 23.7 Å². The molecule has 0 heterocycles. The fourth-order valence-corrected chi connectivity index (χ4v) is 2.69. The highest BCUT2D eigenvalue weighted by Crippen LogP contribution is 2.29. The first kappa shape index (κ1) is 21.6. The van der Waals surface area contributed by atoms with Crippen LogP contribution in [0.2, 0.25) is 5.02 Å². The monoisotopic (exact) mass is 416 g/mol. The minimum absolute atomic E-state index is 0.0372. The molecule has 2 aromatic rings. The summed E-state index contributed by atoms with van der Waals surface area (Å²) in [5.74, 6) is -0.375. The number of nitro groups is 1. The van der Waals surface area contributed by atoms with Crippen LogP contribution in [0.4, 0.5) is 24.5 Å². The second-order valence-electron chi connectivity index (χ2n) is 6.35. The van der Waals surface area contributed by atoms with E-state index < -0.39 is 22.7 Å². The molecule has 1 amide bonds. The number of hydrogen-bond donors (Lipinski definition) is 2. The number of nitrogens with zero attached hydrogens (tertiary/aromatic N) is 1. The predicted molar refractivity (Wildman–Crippen MR) is 98.2 cm³/mol. The molecule has 0 aliphatic carbocycles. The van der Waals surface area contributed by atoms with Gasteiger partial charge in [0.1, 0.15) is 6.54 Å². The maximum absolute atomic E-state index is 12.6. The molecule has 2 aromatic carbocycles. The third kappa shape index (κ3) is 5.43. The molecule has 0 saturated carbocycles. The standard InChI is InChI=1S/C18H17ClF3N3O3/c1-11(17(26)23-16-8-7-14(25(27)28)9-15(16)19)24(2)10-12-3-5-13(6-4-12)18(20,21)22/h3-9,11H,10H2,1-2H3,(H,23,26)/p+1/t11-/m1/s1. The lowest BCUT2D eigenvalue weighted by Crippen LogP contribution is -3.12. The Morgan fingerprint density at radius 1 is 1.25 bits per heavy atom. The summed E-state index contributed by atoms with van der Waals surface area (Å²) >= 11 is 5.97. The summed E-state index contributed by atoms with van der Waals surface area (Å²) in [6.07, 6.45) is -4.39. The molecule has 0 aromatic heterocycles. The number of rotatable bonds is 6. The van der Waals surface area contributed by atoms with Crippen molar-refractivity contribution in [1.82, 2.24) is 0 Å². The average molecular weight is 417 g/mol. The van der Waals surface area contributed by atoms with Crippen molar-refractivity contribution in [1.29, 1.82) is 0 Å². The van der Waals surface area contributed by atoms with Crippen molar-refractivity contribution in [3.8, 4) is 0 Å². The van der Waals surface area contributed by atoms with E-state index in [-0.39, 0.29) is 22.3 Å². The van der Waals surface area contributed by atoms with E-state index in [9.17, 15) is 28.1 Å². The second kappa shape index (κ2) is 8.57. The van der Waals surface area contributed by atoms with Crippen molar-refractivity contribution in [3.05, 3.63) is 68.7 Å². The van der Waals surface area contributed by atoms with Crippen molar-refractivity contribution < 1.29 is 27.8 Å². The number of anilines is 1. The number of carbonyl (C=O) groups excluding carboxylic acids is 1. The number of hydrogen-bond acceptors (Lipinski definition) is 3. The van der Waals surface area contributed by atoms with Gasteiger partial charge in [-0.15, -0.1) is 0 Å². The maximum atomic E-state index is 12.6. The van der Waals surface area contributed by atoms with E-state index in [1.165, 1.54) is 24.3 Å². The number of nitro benzene ring substituents is 1. The van der Waals surface area contributed by atoms with Crippen molar-refractivity contribution in [2.45, 2.75) is 25.7 Å². The number of amides is 1. The number of non-ortho nitro benzene ring substituents is 1. The van der Waals surface area contributed by atoms with Crippen molar-refractivity contribution in [2.75, 3.05) is 12.4 Å². The number of carbonyl (C=O) groups is 1. The van der Waals surface area contributed by atoms with Gasteiger partial charge in [0.05, 0.1) is 28.2 Å². The predicted octanol–water partition coefficient (Wildman–Crippen LogP) is 3.31. The molecular formula is C18H18ClF3N3O3+. The SMILES string of the molecule is C[C@H](C(=O)Nc1ccc([N+](=O)[O-])cc1Cl)[NH+](C)Cc1ccc(C(F)(F)F)cc1. The smallest absolute Gasteiger partial charge is 0.324 e. The molecule has 0 spiro atoms. The Hall–Kier alpha value is -2.65. The van der Waals surface area contributed by atoms with Gasteiger partial charge in [-0.2, -0.15) is 13.2 Å². The van der Waals surface area contributed by atoms with Crippen molar-refractivity contribution in [2.24, 2.45) is 0 Å². The molecule has 10 heteroatoms. The van der Waals surface area contributed by atoms with E-state index in [1.807, 2.05) is 0 Å². The van der Waals surface area contributed by atoms with Gasteiger partial charge < -0.3 is 10.2 Å². The highest BCUT2D eigenvalue weighted by molar-refractivity contribution is 6.34. The van der Waals surface area contributed by atoms with Crippen LogP contribution in [0.15, 0.2) is 42.5 Å². The molecule has 1 unspecified atom stereocenters. The van der Waals surface area contributed by atoms with Crippen molar-refractivity contribution in [3.63, 3.8) is 0 Å². The van der Waals surface area contributed by atoms with Gasteiger partial charge in [-0.3, -0.25) is 14.9 Å². The lowest BCUT2D eigenvalue weighted by molar-refractivity contribution is -0.907. The zero-order chi connectivity index (χ0) is 21.1. The van der Waals surface area contributed by atoms with E-state index in [4.69, 9.17) is 11.6 Å². The highest BCUT2D eigenvalue weighted by Gasteiger charge is 2.30. The van der Waals surface area contributed by atoms with E-state index >= 15 is 0 Å².